The number of nitrogens with zero attached hydrogens (tertiary/aromatic N) is 2. The van der Waals surface area contributed by atoms with Crippen LogP contribution in [0.3, 0.4) is 0 Å². The number of carbonyl (C=O) groups is 1. The molecular formula is C18H21ClN2O2S. The highest BCUT2D eigenvalue weighted by Gasteiger charge is 2.23. The molecule has 2 aromatic rings. The Morgan fingerprint density at radius 1 is 1.21 bits per heavy atom. The van der Waals surface area contributed by atoms with Crippen molar-refractivity contribution in [2.75, 3.05) is 33.3 Å². The fourth-order valence-corrected chi connectivity index (χ4v) is 4.03. The predicted octanol–water partition coefficient (Wildman–Crippen LogP) is 3.68. The lowest BCUT2D eigenvalue weighted by molar-refractivity contribution is 0.0629. The van der Waals surface area contributed by atoms with Crippen LogP contribution in [0.25, 0.3) is 0 Å². The van der Waals surface area contributed by atoms with E-state index in [0.29, 0.717) is 5.56 Å². The van der Waals surface area contributed by atoms with E-state index in [1.165, 1.54) is 4.88 Å². The summed E-state index contributed by atoms with van der Waals surface area (Å²) >= 11 is 7.60. The molecule has 0 atom stereocenters. The molecule has 1 saturated heterocycles. The van der Waals surface area contributed by atoms with Gasteiger partial charge in [0.05, 0.1) is 11.4 Å². The van der Waals surface area contributed by atoms with Crippen molar-refractivity contribution in [3.05, 3.63) is 50.7 Å². The Hall–Kier alpha value is -1.56. The highest BCUT2D eigenvalue weighted by Crippen LogP contribution is 2.24. The van der Waals surface area contributed by atoms with Gasteiger partial charge >= 0.3 is 0 Å². The number of ether oxygens (including phenoxy) is 1. The third-order valence-corrected chi connectivity index (χ3v) is 5.54. The Morgan fingerprint density at radius 2 is 1.96 bits per heavy atom. The molecule has 0 unspecified atom stereocenters. The lowest BCUT2D eigenvalue weighted by Gasteiger charge is -2.34. The fraction of sp³-hybridized carbons (Fsp3) is 0.389. The van der Waals surface area contributed by atoms with Crippen molar-refractivity contribution >= 4 is 28.8 Å². The number of aryl methyl sites for hydroxylation is 1. The van der Waals surface area contributed by atoms with E-state index in [-0.39, 0.29) is 5.91 Å². The monoisotopic (exact) mass is 364 g/mol. The third kappa shape index (κ3) is 3.91. The quantitative estimate of drug-likeness (QED) is 0.829. The van der Waals surface area contributed by atoms with Gasteiger partial charge in [0.1, 0.15) is 5.75 Å². The molecule has 3 rings (SSSR count). The minimum absolute atomic E-state index is 0.0760. The summed E-state index contributed by atoms with van der Waals surface area (Å²) in [6, 6.07) is 9.65. The highest BCUT2D eigenvalue weighted by molar-refractivity contribution is 7.16. The van der Waals surface area contributed by atoms with E-state index in [4.69, 9.17) is 16.3 Å². The smallest absolute Gasteiger partial charge is 0.254 e. The zero-order valence-corrected chi connectivity index (χ0v) is 15.5. The number of rotatable bonds is 4. The molecule has 24 heavy (non-hydrogen) atoms. The van der Waals surface area contributed by atoms with Gasteiger partial charge in [0, 0.05) is 43.2 Å². The molecule has 0 spiro atoms. The largest absolute Gasteiger partial charge is 0.496 e. The minimum atomic E-state index is 0.0760. The lowest BCUT2D eigenvalue weighted by atomic mass is 10.1. The fourth-order valence-electron chi connectivity index (χ4n) is 2.90. The number of benzene rings is 1. The van der Waals surface area contributed by atoms with E-state index in [2.05, 4.69) is 11.0 Å². The van der Waals surface area contributed by atoms with Crippen molar-refractivity contribution in [1.29, 1.82) is 0 Å². The molecule has 0 saturated carbocycles. The van der Waals surface area contributed by atoms with Crippen LogP contribution in [0.15, 0.2) is 30.3 Å². The first-order valence-electron chi connectivity index (χ1n) is 7.97. The molecular weight excluding hydrogens is 344 g/mol. The van der Waals surface area contributed by atoms with Crippen LogP contribution in [0.2, 0.25) is 4.34 Å². The zero-order valence-electron chi connectivity index (χ0n) is 13.9. The van der Waals surface area contributed by atoms with E-state index < -0.39 is 0 Å². The average molecular weight is 365 g/mol. The Balaban J connectivity index is 1.58. The van der Waals surface area contributed by atoms with Gasteiger partial charge in [0.25, 0.3) is 5.91 Å². The van der Waals surface area contributed by atoms with Gasteiger partial charge in [0.15, 0.2) is 0 Å². The Bertz CT molecular complexity index is 724. The maximum absolute atomic E-state index is 12.7. The van der Waals surface area contributed by atoms with E-state index in [1.807, 2.05) is 36.1 Å². The average Bonchev–Trinajstić information content (AvgIpc) is 3.00. The van der Waals surface area contributed by atoms with Gasteiger partial charge in [0.2, 0.25) is 0 Å². The predicted molar refractivity (Wildman–Crippen MR) is 98.2 cm³/mol. The first-order valence-corrected chi connectivity index (χ1v) is 9.17. The van der Waals surface area contributed by atoms with Crippen LogP contribution in [-0.2, 0) is 6.54 Å². The molecule has 1 amide bonds. The van der Waals surface area contributed by atoms with Crippen molar-refractivity contribution in [3.63, 3.8) is 0 Å². The van der Waals surface area contributed by atoms with Gasteiger partial charge in [-0.2, -0.15) is 0 Å². The van der Waals surface area contributed by atoms with Crippen molar-refractivity contribution in [2.24, 2.45) is 0 Å². The van der Waals surface area contributed by atoms with E-state index in [0.717, 1.165) is 48.4 Å². The van der Waals surface area contributed by atoms with Crippen LogP contribution in [0.1, 0.15) is 20.8 Å². The Kier molecular flexibility index (Phi) is 5.43. The Morgan fingerprint density at radius 3 is 2.58 bits per heavy atom. The summed E-state index contributed by atoms with van der Waals surface area (Å²) in [5.74, 6) is 0.834. The standard InChI is InChI=1S/C18H21ClN2O2S/c1-13-3-4-14(11-16(13)23-2)18(22)21-9-7-20(8-10-21)12-15-5-6-17(19)24-15/h3-6,11H,7-10,12H2,1-2H3. The van der Waals surface area contributed by atoms with Crippen molar-refractivity contribution in [3.8, 4) is 5.75 Å². The first kappa shape index (κ1) is 17.3. The molecule has 1 aliphatic heterocycles. The lowest BCUT2D eigenvalue weighted by Crippen LogP contribution is -2.48. The Labute approximate surface area is 151 Å². The minimum Gasteiger partial charge on any atom is -0.496 e. The summed E-state index contributed by atoms with van der Waals surface area (Å²) in [6.45, 7) is 6.12. The SMILES string of the molecule is COc1cc(C(=O)N2CCN(Cc3ccc(Cl)s3)CC2)ccc1C. The number of hydrogen-bond acceptors (Lipinski definition) is 4. The number of carbonyl (C=O) groups excluding carboxylic acids is 1. The molecule has 0 N–H and O–H groups in total. The van der Waals surface area contributed by atoms with E-state index in [9.17, 15) is 4.79 Å². The van der Waals surface area contributed by atoms with Crippen molar-refractivity contribution < 1.29 is 9.53 Å². The number of halogens is 1. The van der Waals surface area contributed by atoms with Crippen LogP contribution in [0.4, 0.5) is 0 Å². The summed E-state index contributed by atoms with van der Waals surface area (Å²) in [7, 11) is 1.63. The number of hydrogen-bond donors (Lipinski definition) is 0. The first-order chi connectivity index (χ1) is 11.6. The zero-order chi connectivity index (χ0) is 17.1. The summed E-state index contributed by atoms with van der Waals surface area (Å²) in [5, 5.41) is 0. The summed E-state index contributed by atoms with van der Waals surface area (Å²) in [5.41, 5.74) is 1.73. The molecule has 4 nitrogen and oxygen atoms in total. The molecule has 0 bridgehead atoms. The topological polar surface area (TPSA) is 32.8 Å². The number of methoxy groups -OCH3 is 1. The second-order valence-corrected chi connectivity index (χ2v) is 7.76. The van der Waals surface area contributed by atoms with Crippen molar-refractivity contribution in [2.45, 2.75) is 13.5 Å². The third-order valence-electron chi connectivity index (χ3n) is 4.32. The van der Waals surface area contributed by atoms with E-state index in [1.54, 1.807) is 18.4 Å². The van der Waals surface area contributed by atoms with Gasteiger partial charge in [-0.15, -0.1) is 11.3 Å². The summed E-state index contributed by atoms with van der Waals surface area (Å²) in [6.07, 6.45) is 0. The molecule has 128 valence electrons. The maximum atomic E-state index is 12.7. The van der Waals surface area contributed by atoms with Gasteiger partial charge in [-0.25, -0.2) is 0 Å². The van der Waals surface area contributed by atoms with Gasteiger partial charge in [-0.1, -0.05) is 17.7 Å². The van der Waals surface area contributed by atoms with Crippen molar-refractivity contribution in [1.82, 2.24) is 9.80 Å². The molecule has 1 aromatic carbocycles. The van der Waals surface area contributed by atoms with Crippen LogP contribution < -0.4 is 4.74 Å². The summed E-state index contributed by atoms with van der Waals surface area (Å²) < 4.78 is 6.15. The van der Waals surface area contributed by atoms with Gasteiger partial charge in [-0.05, 0) is 36.8 Å². The van der Waals surface area contributed by atoms with Crippen LogP contribution in [-0.4, -0.2) is 49.0 Å². The summed E-state index contributed by atoms with van der Waals surface area (Å²) in [4.78, 5) is 18.2. The number of piperazine rings is 1. The molecule has 0 aliphatic carbocycles. The normalized spacial score (nSPS) is 15.5. The molecule has 1 aromatic heterocycles. The molecule has 2 heterocycles. The van der Waals surface area contributed by atoms with Crippen LogP contribution in [0.5, 0.6) is 5.75 Å². The number of amides is 1. The highest BCUT2D eigenvalue weighted by atomic mass is 35.5. The van der Waals surface area contributed by atoms with Gasteiger partial charge < -0.3 is 9.64 Å². The van der Waals surface area contributed by atoms with Crippen LogP contribution >= 0.6 is 22.9 Å². The van der Waals surface area contributed by atoms with E-state index >= 15 is 0 Å². The molecule has 6 heteroatoms. The van der Waals surface area contributed by atoms with Crippen LogP contribution in [0, 0.1) is 6.92 Å². The molecule has 1 aliphatic rings. The van der Waals surface area contributed by atoms with Gasteiger partial charge in [-0.3, -0.25) is 9.69 Å². The number of thiophene rings is 1. The molecule has 0 radical (unpaired) electrons. The second-order valence-electron chi connectivity index (χ2n) is 5.96. The molecule has 1 fully saturated rings. The maximum Gasteiger partial charge on any atom is 0.254 e. The second kappa shape index (κ2) is 7.55.